The van der Waals surface area contributed by atoms with Crippen LogP contribution in [0.3, 0.4) is 0 Å². The molecule has 0 saturated carbocycles. The molecule has 0 unspecified atom stereocenters. The zero-order valence-electron chi connectivity index (χ0n) is 7.62. The average Bonchev–Trinajstić information content (AvgIpc) is 2.02. The van der Waals surface area contributed by atoms with Crippen LogP contribution in [0.15, 0.2) is 18.7 Å². The Hall–Kier alpha value is -1.38. The number of anilines is 1. The lowest BCUT2D eigenvalue weighted by molar-refractivity contribution is 0.585. The molecule has 0 radical (unpaired) electrons. The Morgan fingerprint density at radius 3 is 2.46 bits per heavy atom. The molecule has 0 aromatic heterocycles. The zero-order valence-corrected chi connectivity index (χ0v) is 7.62. The summed E-state index contributed by atoms with van der Waals surface area (Å²) >= 11 is 0. The Labute approximate surface area is 76.1 Å². The van der Waals surface area contributed by atoms with Gasteiger partial charge in [0.2, 0.25) is 0 Å². The van der Waals surface area contributed by atoms with Crippen molar-refractivity contribution in [3.63, 3.8) is 0 Å². The van der Waals surface area contributed by atoms with Crippen molar-refractivity contribution in [3.05, 3.63) is 35.9 Å². The van der Waals surface area contributed by atoms with Gasteiger partial charge in [0.15, 0.2) is 0 Å². The molecule has 3 heteroatoms. The highest BCUT2D eigenvalue weighted by atomic mass is 19.1. The molecule has 0 aliphatic carbocycles. The molecule has 0 fully saturated rings. The Morgan fingerprint density at radius 1 is 1.38 bits per heavy atom. The highest BCUT2D eigenvalue weighted by molar-refractivity contribution is 5.74. The van der Waals surface area contributed by atoms with Gasteiger partial charge in [-0.15, -0.1) is 0 Å². The third-order valence-corrected chi connectivity index (χ3v) is 1.76. The van der Waals surface area contributed by atoms with Crippen LogP contribution in [0.1, 0.15) is 12.5 Å². The number of hydrogen-bond acceptors (Lipinski definition) is 1. The first-order valence-electron chi connectivity index (χ1n) is 3.89. The highest BCUT2D eigenvalue weighted by Crippen LogP contribution is 2.26. The van der Waals surface area contributed by atoms with Crippen molar-refractivity contribution in [2.45, 2.75) is 6.92 Å². The molecular formula is C10H11F2N. The number of rotatable bonds is 2. The lowest BCUT2D eigenvalue weighted by Gasteiger charge is -2.09. The second kappa shape index (κ2) is 3.56. The molecule has 13 heavy (non-hydrogen) atoms. The summed E-state index contributed by atoms with van der Waals surface area (Å²) in [6.45, 7) is 5.35. The van der Waals surface area contributed by atoms with Crippen LogP contribution in [0.4, 0.5) is 14.5 Å². The predicted molar refractivity (Wildman–Crippen MR) is 50.6 cm³/mol. The van der Waals surface area contributed by atoms with Crippen molar-refractivity contribution in [1.29, 1.82) is 0 Å². The summed E-state index contributed by atoms with van der Waals surface area (Å²) in [5.74, 6) is -1.19. The largest absolute Gasteiger partial charge is 0.385 e. The quantitative estimate of drug-likeness (QED) is 0.743. The van der Waals surface area contributed by atoms with Crippen LogP contribution in [0.5, 0.6) is 0 Å². The Bertz CT molecular complexity index is 345. The topological polar surface area (TPSA) is 12.0 Å². The van der Waals surface area contributed by atoms with Gasteiger partial charge >= 0.3 is 0 Å². The molecular weight excluding hydrogens is 172 g/mol. The van der Waals surface area contributed by atoms with E-state index in [1.54, 1.807) is 14.0 Å². The standard InChI is InChI=1S/C10H11F2N/c1-6(2)8-4-7(11)5-9(12)10(8)13-3/h4-5,13H,1H2,2-3H3. The van der Waals surface area contributed by atoms with Crippen LogP contribution in [0.2, 0.25) is 0 Å². The molecule has 70 valence electrons. The Balaban J connectivity index is 3.38. The van der Waals surface area contributed by atoms with Gasteiger partial charge in [-0.3, -0.25) is 0 Å². The van der Waals surface area contributed by atoms with Crippen molar-refractivity contribution in [1.82, 2.24) is 0 Å². The van der Waals surface area contributed by atoms with Crippen molar-refractivity contribution >= 4 is 11.3 Å². The van der Waals surface area contributed by atoms with Gasteiger partial charge in [0.05, 0.1) is 5.69 Å². The average molecular weight is 183 g/mol. The van der Waals surface area contributed by atoms with Gasteiger partial charge in [-0.25, -0.2) is 8.78 Å². The van der Waals surface area contributed by atoms with Crippen LogP contribution in [0, 0.1) is 11.6 Å². The van der Waals surface area contributed by atoms with Gasteiger partial charge in [0.25, 0.3) is 0 Å². The number of benzene rings is 1. The molecule has 0 bridgehead atoms. The second-order valence-electron chi connectivity index (χ2n) is 2.84. The van der Waals surface area contributed by atoms with Crippen LogP contribution < -0.4 is 5.32 Å². The van der Waals surface area contributed by atoms with E-state index in [4.69, 9.17) is 0 Å². The molecule has 1 aromatic carbocycles. The summed E-state index contributed by atoms with van der Waals surface area (Å²) in [5.41, 5.74) is 1.39. The van der Waals surface area contributed by atoms with E-state index in [0.29, 0.717) is 11.1 Å². The molecule has 0 spiro atoms. The zero-order chi connectivity index (χ0) is 10.0. The van der Waals surface area contributed by atoms with Crippen molar-refractivity contribution in [2.24, 2.45) is 0 Å². The van der Waals surface area contributed by atoms with Gasteiger partial charge in [0.1, 0.15) is 11.6 Å². The molecule has 0 amide bonds. The fraction of sp³-hybridized carbons (Fsp3) is 0.200. The lowest BCUT2D eigenvalue weighted by Crippen LogP contribution is -1.98. The number of hydrogen-bond donors (Lipinski definition) is 1. The molecule has 1 aromatic rings. The maximum atomic E-state index is 13.1. The van der Waals surface area contributed by atoms with E-state index < -0.39 is 11.6 Å². The lowest BCUT2D eigenvalue weighted by atomic mass is 10.1. The first-order valence-corrected chi connectivity index (χ1v) is 3.89. The maximum Gasteiger partial charge on any atom is 0.149 e. The normalized spacial score (nSPS) is 9.85. The summed E-state index contributed by atoms with van der Waals surface area (Å²) in [6.07, 6.45) is 0. The maximum absolute atomic E-state index is 13.1. The molecule has 0 aliphatic rings. The van der Waals surface area contributed by atoms with E-state index in [9.17, 15) is 8.78 Å². The van der Waals surface area contributed by atoms with Crippen molar-refractivity contribution in [2.75, 3.05) is 12.4 Å². The van der Waals surface area contributed by atoms with Crippen LogP contribution in [0.25, 0.3) is 5.57 Å². The second-order valence-corrected chi connectivity index (χ2v) is 2.84. The van der Waals surface area contributed by atoms with E-state index >= 15 is 0 Å². The molecule has 0 atom stereocenters. The minimum absolute atomic E-state index is 0.286. The summed E-state index contributed by atoms with van der Waals surface area (Å²) in [4.78, 5) is 0. The van der Waals surface area contributed by atoms with E-state index in [2.05, 4.69) is 11.9 Å². The van der Waals surface area contributed by atoms with Gasteiger partial charge in [-0.05, 0) is 18.6 Å². The van der Waals surface area contributed by atoms with E-state index in [1.807, 2.05) is 0 Å². The minimum Gasteiger partial charge on any atom is -0.385 e. The highest BCUT2D eigenvalue weighted by Gasteiger charge is 2.09. The summed E-state index contributed by atoms with van der Waals surface area (Å²) in [6, 6.07) is 2.11. The molecule has 1 N–H and O–H groups in total. The van der Waals surface area contributed by atoms with Crippen molar-refractivity contribution < 1.29 is 8.78 Å². The van der Waals surface area contributed by atoms with Crippen LogP contribution in [-0.4, -0.2) is 7.05 Å². The van der Waals surface area contributed by atoms with Gasteiger partial charge in [0, 0.05) is 18.7 Å². The first-order chi connectivity index (χ1) is 6.06. The smallest absolute Gasteiger partial charge is 0.149 e. The fourth-order valence-electron chi connectivity index (χ4n) is 1.16. The predicted octanol–water partition coefficient (Wildman–Crippen LogP) is 3.04. The van der Waals surface area contributed by atoms with Crippen LogP contribution in [-0.2, 0) is 0 Å². The molecule has 0 aliphatic heterocycles. The summed E-state index contributed by atoms with van der Waals surface area (Å²) in [7, 11) is 1.59. The molecule has 1 rings (SSSR count). The van der Waals surface area contributed by atoms with Crippen LogP contribution >= 0.6 is 0 Å². The number of nitrogens with one attached hydrogen (secondary N) is 1. The molecule has 1 nitrogen and oxygen atoms in total. The Kier molecular flexibility index (Phi) is 2.66. The fourth-order valence-corrected chi connectivity index (χ4v) is 1.16. The van der Waals surface area contributed by atoms with Crippen molar-refractivity contribution in [3.8, 4) is 0 Å². The monoisotopic (exact) mass is 183 g/mol. The van der Waals surface area contributed by atoms with Gasteiger partial charge in [-0.2, -0.15) is 0 Å². The minimum atomic E-state index is -0.597. The van der Waals surface area contributed by atoms with E-state index in [1.165, 1.54) is 6.07 Å². The van der Waals surface area contributed by atoms with E-state index in [0.717, 1.165) is 6.07 Å². The molecule has 0 heterocycles. The van der Waals surface area contributed by atoms with Gasteiger partial charge in [-0.1, -0.05) is 6.58 Å². The summed E-state index contributed by atoms with van der Waals surface area (Å²) in [5, 5.41) is 2.67. The third-order valence-electron chi connectivity index (χ3n) is 1.76. The van der Waals surface area contributed by atoms with E-state index in [-0.39, 0.29) is 5.69 Å². The molecule has 0 saturated heterocycles. The SMILES string of the molecule is C=C(C)c1cc(F)cc(F)c1NC. The number of halogens is 2. The third kappa shape index (κ3) is 1.86. The summed E-state index contributed by atoms with van der Waals surface area (Å²) < 4.78 is 25.9. The Morgan fingerprint density at radius 2 is 2.00 bits per heavy atom. The first kappa shape index (κ1) is 9.71. The number of allylic oxidation sites excluding steroid dienone is 1. The van der Waals surface area contributed by atoms with Gasteiger partial charge < -0.3 is 5.32 Å².